The highest BCUT2D eigenvalue weighted by molar-refractivity contribution is 4.94. The lowest BCUT2D eigenvalue weighted by molar-refractivity contribution is 0.533. The number of unbranched alkanes of at least 4 members (excludes halogenated alkanes) is 10. The van der Waals surface area contributed by atoms with Gasteiger partial charge in [0.15, 0.2) is 0 Å². The van der Waals surface area contributed by atoms with Crippen LogP contribution in [0.2, 0.25) is 0 Å². The summed E-state index contributed by atoms with van der Waals surface area (Å²) in [6, 6.07) is 8.62. The molecule has 2 rings (SSSR count). The third kappa shape index (κ3) is 13.3. The largest absolute Gasteiger partial charge is 0.354 e. The fourth-order valence-corrected chi connectivity index (χ4v) is 4.02. The van der Waals surface area contributed by atoms with Gasteiger partial charge in [-0.25, -0.2) is 0 Å². The van der Waals surface area contributed by atoms with E-state index in [9.17, 15) is 0 Å². The third-order valence-electron chi connectivity index (χ3n) is 6.19. The number of nitrogens with zero attached hydrogens (tertiary/aromatic N) is 4. The zero-order valence-corrected chi connectivity index (χ0v) is 21.4. The van der Waals surface area contributed by atoms with Crippen molar-refractivity contribution in [2.45, 2.75) is 110 Å². The number of rotatable bonds is 18. The highest BCUT2D eigenvalue weighted by Crippen LogP contribution is 2.06. The molecule has 2 aromatic heterocycles. The fraction of sp³-hybridized carbons (Fsp3) is 0.655. The predicted molar refractivity (Wildman–Crippen MR) is 141 cm³/mol. The molecule has 2 heterocycles. The fourth-order valence-electron chi connectivity index (χ4n) is 4.02. The Morgan fingerprint density at radius 3 is 1.24 bits per heavy atom. The van der Waals surface area contributed by atoms with Gasteiger partial charge in [-0.05, 0) is 49.9 Å². The van der Waals surface area contributed by atoms with E-state index in [4.69, 9.17) is 0 Å². The summed E-state index contributed by atoms with van der Waals surface area (Å²) in [5.41, 5.74) is 0. The van der Waals surface area contributed by atoms with Gasteiger partial charge in [0.1, 0.15) is 0 Å². The van der Waals surface area contributed by atoms with Crippen LogP contribution in [0.25, 0.3) is 0 Å². The Bertz CT molecular complexity index is 750. The standard InChI is InChI=1S/C29H48N4/c1-3-5-7-12-20-30-28-16-24-32(25-17-28)22-14-10-9-11-15-23-33-26-18-29(19-27-33)31-21-13-8-6-4-2/h16-19,24-27H,3-15,20-23H2,1-2H3. The van der Waals surface area contributed by atoms with E-state index in [2.05, 4.69) is 82.0 Å². The summed E-state index contributed by atoms with van der Waals surface area (Å²) in [5, 5.41) is 2.24. The highest BCUT2D eigenvalue weighted by Gasteiger charge is 1.94. The Labute approximate surface area is 202 Å². The summed E-state index contributed by atoms with van der Waals surface area (Å²) in [7, 11) is 0. The second-order valence-corrected chi connectivity index (χ2v) is 9.24. The van der Waals surface area contributed by atoms with Crippen molar-refractivity contribution < 1.29 is 0 Å². The van der Waals surface area contributed by atoms with Crippen LogP contribution < -0.4 is 10.7 Å². The molecule has 184 valence electrons. The Morgan fingerprint density at radius 2 is 0.848 bits per heavy atom. The molecule has 0 saturated heterocycles. The minimum Gasteiger partial charge on any atom is -0.354 e. The first-order valence-electron chi connectivity index (χ1n) is 13.6. The molecule has 0 N–H and O–H groups in total. The van der Waals surface area contributed by atoms with E-state index in [1.807, 2.05) is 0 Å². The molecular weight excluding hydrogens is 404 g/mol. The van der Waals surface area contributed by atoms with Gasteiger partial charge in [0.25, 0.3) is 0 Å². The number of hydrogen-bond acceptors (Lipinski definition) is 2. The van der Waals surface area contributed by atoms with E-state index in [-0.39, 0.29) is 0 Å². The zero-order valence-electron chi connectivity index (χ0n) is 21.4. The van der Waals surface area contributed by atoms with Crippen molar-refractivity contribution in [3.8, 4) is 0 Å². The van der Waals surface area contributed by atoms with Gasteiger partial charge in [0.05, 0.1) is 10.7 Å². The summed E-state index contributed by atoms with van der Waals surface area (Å²) in [6.45, 7) is 8.63. The lowest BCUT2D eigenvalue weighted by Gasteiger charge is -2.07. The van der Waals surface area contributed by atoms with E-state index in [0.29, 0.717) is 0 Å². The SMILES string of the molecule is CCCCCCN=c1ccn(CCCCCCCn2ccc(=NCCCCCC)cc2)cc1. The van der Waals surface area contributed by atoms with Crippen molar-refractivity contribution in [1.29, 1.82) is 0 Å². The molecule has 0 radical (unpaired) electrons. The molecule has 0 fully saturated rings. The molecular formula is C29H48N4. The number of aryl methyl sites for hydroxylation is 2. The summed E-state index contributed by atoms with van der Waals surface area (Å²) >= 11 is 0. The van der Waals surface area contributed by atoms with Crippen molar-refractivity contribution in [2.24, 2.45) is 9.98 Å². The summed E-state index contributed by atoms with van der Waals surface area (Å²) in [5.74, 6) is 0. The number of hydrogen-bond donors (Lipinski definition) is 0. The van der Waals surface area contributed by atoms with Gasteiger partial charge in [-0.3, -0.25) is 9.98 Å². The Morgan fingerprint density at radius 1 is 0.485 bits per heavy atom. The van der Waals surface area contributed by atoms with Crippen LogP contribution in [0.1, 0.15) is 97.3 Å². The molecule has 0 spiro atoms. The molecule has 0 atom stereocenters. The van der Waals surface area contributed by atoms with Crippen molar-refractivity contribution in [3.05, 3.63) is 59.8 Å². The van der Waals surface area contributed by atoms with Gasteiger partial charge in [0.2, 0.25) is 0 Å². The lowest BCUT2D eigenvalue weighted by Crippen LogP contribution is -2.07. The van der Waals surface area contributed by atoms with Crippen LogP contribution in [0, 0.1) is 0 Å². The van der Waals surface area contributed by atoms with Crippen molar-refractivity contribution >= 4 is 0 Å². The van der Waals surface area contributed by atoms with Gasteiger partial charge in [0, 0.05) is 51.0 Å². The van der Waals surface area contributed by atoms with Crippen LogP contribution in [0.3, 0.4) is 0 Å². The van der Waals surface area contributed by atoms with Crippen LogP contribution in [0.15, 0.2) is 59.0 Å². The highest BCUT2D eigenvalue weighted by atomic mass is 14.9. The molecule has 0 aromatic carbocycles. The van der Waals surface area contributed by atoms with Gasteiger partial charge in [-0.15, -0.1) is 0 Å². The maximum Gasteiger partial charge on any atom is 0.0603 e. The maximum absolute atomic E-state index is 4.68. The van der Waals surface area contributed by atoms with E-state index in [1.165, 1.54) is 83.5 Å². The minimum absolute atomic E-state index is 0.959. The van der Waals surface area contributed by atoms with Crippen LogP contribution in [0.5, 0.6) is 0 Å². The lowest BCUT2D eigenvalue weighted by atomic mass is 10.1. The molecule has 4 heteroatoms. The molecule has 0 unspecified atom stereocenters. The van der Waals surface area contributed by atoms with E-state index < -0.39 is 0 Å². The average molecular weight is 453 g/mol. The van der Waals surface area contributed by atoms with Gasteiger partial charge >= 0.3 is 0 Å². The summed E-state index contributed by atoms with van der Waals surface area (Å²) in [6.07, 6.45) is 25.4. The number of pyridine rings is 2. The maximum atomic E-state index is 4.68. The first-order chi connectivity index (χ1) is 16.3. The van der Waals surface area contributed by atoms with Crippen LogP contribution in [-0.4, -0.2) is 22.2 Å². The molecule has 0 bridgehead atoms. The van der Waals surface area contributed by atoms with Gasteiger partial charge in [-0.2, -0.15) is 0 Å². The topological polar surface area (TPSA) is 34.6 Å². The van der Waals surface area contributed by atoms with Crippen LogP contribution in [0.4, 0.5) is 0 Å². The normalized spacial score (nSPS) is 11.0. The third-order valence-corrected chi connectivity index (χ3v) is 6.19. The van der Waals surface area contributed by atoms with Crippen molar-refractivity contribution in [2.75, 3.05) is 13.1 Å². The second kappa shape index (κ2) is 18.3. The minimum atomic E-state index is 0.959. The molecule has 0 saturated carbocycles. The molecule has 2 aromatic rings. The second-order valence-electron chi connectivity index (χ2n) is 9.24. The quantitative estimate of drug-likeness (QED) is 0.220. The summed E-state index contributed by atoms with van der Waals surface area (Å²) < 4.78 is 4.59. The average Bonchev–Trinajstić information content (AvgIpc) is 2.85. The molecule has 33 heavy (non-hydrogen) atoms. The first kappa shape index (κ1) is 27.1. The number of aromatic nitrogens is 2. The van der Waals surface area contributed by atoms with E-state index in [1.54, 1.807) is 0 Å². The van der Waals surface area contributed by atoms with Crippen molar-refractivity contribution in [3.63, 3.8) is 0 Å². The first-order valence-corrected chi connectivity index (χ1v) is 13.6. The Hall–Kier alpha value is -2.10. The monoisotopic (exact) mass is 452 g/mol. The molecule has 0 aliphatic heterocycles. The van der Waals surface area contributed by atoms with E-state index >= 15 is 0 Å². The van der Waals surface area contributed by atoms with E-state index in [0.717, 1.165) is 36.9 Å². The van der Waals surface area contributed by atoms with Crippen LogP contribution >= 0.6 is 0 Å². The predicted octanol–water partition coefficient (Wildman–Crippen LogP) is 6.90. The van der Waals surface area contributed by atoms with Crippen LogP contribution in [-0.2, 0) is 13.1 Å². The zero-order chi connectivity index (χ0) is 23.4. The smallest absolute Gasteiger partial charge is 0.0603 e. The molecule has 0 aliphatic rings. The van der Waals surface area contributed by atoms with Gasteiger partial charge < -0.3 is 9.13 Å². The molecule has 0 amide bonds. The van der Waals surface area contributed by atoms with Crippen molar-refractivity contribution in [1.82, 2.24) is 9.13 Å². The Kier molecular flexibility index (Phi) is 15.1. The van der Waals surface area contributed by atoms with Gasteiger partial charge in [-0.1, -0.05) is 71.6 Å². The summed E-state index contributed by atoms with van der Waals surface area (Å²) in [4.78, 5) is 9.36. The Balaban J connectivity index is 1.52. The molecule has 4 nitrogen and oxygen atoms in total. The molecule has 0 aliphatic carbocycles.